The average Bonchev–Trinajstić information content (AvgIpc) is 2.47. The first-order chi connectivity index (χ1) is 9.99. The Morgan fingerprint density at radius 1 is 1.19 bits per heavy atom. The Kier molecular flexibility index (Phi) is 6.73. The van der Waals surface area contributed by atoms with E-state index in [1.165, 1.54) is 16.9 Å². The van der Waals surface area contributed by atoms with E-state index < -0.39 is 12.1 Å². The second-order valence-corrected chi connectivity index (χ2v) is 4.42. The zero-order chi connectivity index (χ0) is 15.8. The van der Waals surface area contributed by atoms with Crippen LogP contribution in [0.3, 0.4) is 0 Å². The van der Waals surface area contributed by atoms with Crippen molar-refractivity contribution >= 4 is 18.1 Å². The number of urea groups is 1. The van der Waals surface area contributed by atoms with Gasteiger partial charge in [-0.05, 0) is 6.92 Å². The minimum absolute atomic E-state index is 0.108. The maximum absolute atomic E-state index is 11.9. The number of rotatable bonds is 5. The highest BCUT2D eigenvalue weighted by molar-refractivity contribution is 5.77. The molecule has 1 fully saturated rings. The summed E-state index contributed by atoms with van der Waals surface area (Å²) < 4.78 is 9.61. The van der Waals surface area contributed by atoms with Crippen LogP contribution < -0.4 is 5.32 Å². The largest absolute Gasteiger partial charge is 0.479 e. The third-order valence-electron chi connectivity index (χ3n) is 3.09. The van der Waals surface area contributed by atoms with Crippen molar-refractivity contribution in [2.45, 2.75) is 13.0 Å². The van der Waals surface area contributed by atoms with Crippen LogP contribution in [0.2, 0.25) is 0 Å². The van der Waals surface area contributed by atoms with Crippen LogP contribution in [0.15, 0.2) is 0 Å². The molecule has 0 aromatic heterocycles. The summed E-state index contributed by atoms with van der Waals surface area (Å²) in [5.74, 6) is -1.13. The molecule has 9 nitrogen and oxygen atoms in total. The Morgan fingerprint density at radius 2 is 1.76 bits per heavy atom. The average molecular weight is 303 g/mol. The third kappa shape index (κ3) is 5.10. The first-order valence-electron chi connectivity index (χ1n) is 6.69. The molecule has 0 bridgehead atoms. The van der Waals surface area contributed by atoms with Gasteiger partial charge in [-0.25, -0.2) is 14.4 Å². The Bertz CT molecular complexity index is 381. The predicted octanol–water partition coefficient (Wildman–Crippen LogP) is -0.430. The fraction of sp³-hybridized carbons (Fsp3) is 0.750. The molecule has 1 unspecified atom stereocenters. The number of ether oxygens (including phenoxy) is 2. The molecule has 0 radical (unpaired) electrons. The second-order valence-electron chi connectivity index (χ2n) is 4.42. The van der Waals surface area contributed by atoms with Crippen molar-refractivity contribution in [2.75, 3.05) is 46.4 Å². The number of amides is 3. The summed E-state index contributed by atoms with van der Waals surface area (Å²) in [6.45, 7) is 3.45. The van der Waals surface area contributed by atoms with Crippen molar-refractivity contribution in [1.82, 2.24) is 15.1 Å². The van der Waals surface area contributed by atoms with Gasteiger partial charge in [-0.15, -0.1) is 0 Å². The molecule has 1 heterocycles. The normalized spacial score (nSPS) is 16.3. The molecular formula is C12H21N3O6. The molecule has 1 aliphatic rings. The number of hydrogen-bond donors (Lipinski definition) is 2. The van der Waals surface area contributed by atoms with Gasteiger partial charge in [0.15, 0.2) is 6.10 Å². The standard InChI is InChI=1S/C12H21N3O6/c1-3-21-12(19)15-6-4-14(5-7-15)11(18)13-8-9(20-2)10(16)17/h9H,3-8H2,1-2H3,(H,13,18)(H,16,17). The van der Waals surface area contributed by atoms with Crippen LogP contribution in [0.25, 0.3) is 0 Å². The van der Waals surface area contributed by atoms with Gasteiger partial charge in [0.2, 0.25) is 0 Å². The molecule has 0 spiro atoms. The summed E-state index contributed by atoms with van der Waals surface area (Å²) >= 11 is 0. The molecule has 2 N–H and O–H groups in total. The van der Waals surface area contributed by atoms with Gasteiger partial charge in [0.1, 0.15) is 0 Å². The number of piperazine rings is 1. The highest BCUT2D eigenvalue weighted by Crippen LogP contribution is 2.04. The Morgan fingerprint density at radius 3 is 2.24 bits per heavy atom. The predicted molar refractivity (Wildman–Crippen MR) is 72.0 cm³/mol. The number of aliphatic carboxylic acids is 1. The summed E-state index contributed by atoms with van der Waals surface area (Å²) in [6.07, 6.45) is -1.46. The topological polar surface area (TPSA) is 108 Å². The van der Waals surface area contributed by atoms with Crippen molar-refractivity contribution in [1.29, 1.82) is 0 Å². The smallest absolute Gasteiger partial charge is 0.409 e. The third-order valence-corrected chi connectivity index (χ3v) is 3.09. The summed E-state index contributed by atoms with van der Waals surface area (Å²) in [6, 6.07) is -0.373. The lowest BCUT2D eigenvalue weighted by atomic mass is 10.3. The summed E-state index contributed by atoms with van der Waals surface area (Å²) in [7, 11) is 1.27. The molecule has 1 rings (SSSR count). The van der Waals surface area contributed by atoms with Gasteiger partial charge >= 0.3 is 18.1 Å². The van der Waals surface area contributed by atoms with E-state index >= 15 is 0 Å². The highest BCUT2D eigenvalue weighted by atomic mass is 16.6. The quantitative estimate of drug-likeness (QED) is 0.713. The molecule has 3 amide bonds. The lowest BCUT2D eigenvalue weighted by molar-refractivity contribution is -0.148. The van der Waals surface area contributed by atoms with Gasteiger partial charge in [-0.1, -0.05) is 0 Å². The van der Waals surface area contributed by atoms with Crippen molar-refractivity contribution in [3.8, 4) is 0 Å². The number of carbonyl (C=O) groups is 3. The van der Waals surface area contributed by atoms with Crippen LogP contribution >= 0.6 is 0 Å². The molecule has 1 saturated heterocycles. The van der Waals surface area contributed by atoms with Crippen molar-refractivity contribution in [3.63, 3.8) is 0 Å². The molecule has 0 saturated carbocycles. The summed E-state index contributed by atoms with van der Waals surface area (Å²) in [4.78, 5) is 37.2. The van der Waals surface area contributed by atoms with E-state index in [-0.39, 0.29) is 18.7 Å². The first kappa shape index (κ1) is 17.0. The number of nitrogens with one attached hydrogen (secondary N) is 1. The van der Waals surface area contributed by atoms with Crippen molar-refractivity contribution in [3.05, 3.63) is 0 Å². The summed E-state index contributed by atoms with van der Waals surface area (Å²) in [5.41, 5.74) is 0. The van der Waals surface area contributed by atoms with Gasteiger partial charge in [0.05, 0.1) is 13.2 Å². The summed E-state index contributed by atoms with van der Waals surface area (Å²) in [5, 5.41) is 11.3. The van der Waals surface area contributed by atoms with E-state index in [1.807, 2.05) is 0 Å². The van der Waals surface area contributed by atoms with Crippen molar-refractivity contribution < 1.29 is 29.0 Å². The van der Waals surface area contributed by atoms with E-state index in [0.717, 1.165) is 0 Å². The molecule has 0 aromatic rings. The van der Waals surface area contributed by atoms with E-state index in [2.05, 4.69) is 5.32 Å². The van der Waals surface area contributed by atoms with E-state index in [1.54, 1.807) is 6.92 Å². The van der Waals surface area contributed by atoms with Gasteiger partial charge < -0.3 is 29.7 Å². The molecule has 0 aromatic carbocycles. The van der Waals surface area contributed by atoms with Gasteiger partial charge in [0, 0.05) is 33.3 Å². The van der Waals surface area contributed by atoms with Crippen LogP contribution in [-0.4, -0.2) is 85.5 Å². The van der Waals surface area contributed by atoms with E-state index in [9.17, 15) is 14.4 Å². The number of methoxy groups -OCH3 is 1. The van der Waals surface area contributed by atoms with E-state index in [4.69, 9.17) is 14.6 Å². The van der Waals surface area contributed by atoms with Crippen LogP contribution in [0.5, 0.6) is 0 Å². The molecule has 21 heavy (non-hydrogen) atoms. The Balaban J connectivity index is 2.35. The maximum atomic E-state index is 11.9. The fourth-order valence-electron chi connectivity index (χ4n) is 1.87. The Hall–Kier alpha value is -2.03. The number of carbonyl (C=O) groups excluding carboxylic acids is 2. The highest BCUT2D eigenvalue weighted by Gasteiger charge is 2.25. The van der Waals surface area contributed by atoms with E-state index in [0.29, 0.717) is 32.8 Å². The zero-order valence-corrected chi connectivity index (χ0v) is 12.2. The minimum atomic E-state index is -1.13. The minimum Gasteiger partial charge on any atom is -0.479 e. The van der Waals surface area contributed by atoms with Crippen LogP contribution in [0.1, 0.15) is 6.92 Å². The Labute approximate surface area is 122 Å². The lowest BCUT2D eigenvalue weighted by Gasteiger charge is -2.34. The fourth-order valence-corrected chi connectivity index (χ4v) is 1.87. The van der Waals surface area contributed by atoms with Gasteiger partial charge in [-0.3, -0.25) is 0 Å². The molecule has 1 atom stereocenters. The van der Waals surface area contributed by atoms with Crippen LogP contribution in [0.4, 0.5) is 9.59 Å². The lowest BCUT2D eigenvalue weighted by Crippen LogP contribution is -2.54. The SMILES string of the molecule is CCOC(=O)N1CCN(C(=O)NCC(OC)C(=O)O)CC1. The monoisotopic (exact) mass is 303 g/mol. The van der Waals surface area contributed by atoms with Crippen LogP contribution in [-0.2, 0) is 14.3 Å². The zero-order valence-electron chi connectivity index (χ0n) is 12.2. The molecule has 120 valence electrons. The van der Waals surface area contributed by atoms with Gasteiger partial charge in [-0.2, -0.15) is 0 Å². The number of carboxylic acid groups (broad SMARTS) is 1. The number of hydrogen-bond acceptors (Lipinski definition) is 5. The second kappa shape index (κ2) is 8.30. The van der Waals surface area contributed by atoms with Gasteiger partial charge in [0.25, 0.3) is 0 Å². The molecular weight excluding hydrogens is 282 g/mol. The molecule has 0 aliphatic carbocycles. The van der Waals surface area contributed by atoms with Crippen LogP contribution in [0, 0.1) is 0 Å². The number of carboxylic acids is 1. The van der Waals surface area contributed by atoms with Crippen molar-refractivity contribution in [2.24, 2.45) is 0 Å². The maximum Gasteiger partial charge on any atom is 0.409 e. The first-order valence-corrected chi connectivity index (χ1v) is 6.69. The molecule has 9 heteroatoms. The molecule has 1 aliphatic heterocycles. The number of nitrogens with zero attached hydrogens (tertiary/aromatic N) is 2.